The monoisotopic (exact) mass is 177 g/mol. The summed E-state index contributed by atoms with van der Waals surface area (Å²) in [4.78, 5) is 0. The summed E-state index contributed by atoms with van der Waals surface area (Å²) in [6.07, 6.45) is 4.95. The predicted octanol–water partition coefficient (Wildman–Crippen LogP) is 2.00. The first-order valence-corrected chi connectivity index (χ1v) is 6.52. The van der Waals surface area contributed by atoms with Gasteiger partial charge in [-0.15, -0.1) is 0 Å². The third-order valence-corrected chi connectivity index (χ3v) is 3.73. The van der Waals surface area contributed by atoms with E-state index < -0.39 is 0 Å². The third kappa shape index (κ3) is 3.17. The SMILES string of the molecule is CSSCC[C@@H]1CCNC1. The molecule has 0 unspecified atom stereocenters. The molecule has 1 rings (SSSR count). The summed E-state index contributed by atoms with van der Waals surface area (Å²) < 4.78 is 0. The van der Waals surface area contributed by atoms with Crippen LogP contribution in [0.25, 0.3) is 0 Å². The van der Waals surface area contributed by atoms with Crippen molar-refractivity contribution in [1.82, 2.24) is 5.32 Å². The highest BCUT2D eigenvalue weighted by Crippen LogP contribution is 2.22. The molecule has 0 bridgehead atoms. The Labute approximate surface area is 71.1 Å². The molecule has 1 nitrogen and oxygen atoms in total. The average molecular weight is 177 g/mol. The van der Waals surface area contributed by atoms with Crippen molar-refractivity contribution >= 4 is 21.6 Å². The van der Waals surface area contributed by atoms with Gasteiger partial charge in [0, 0.05) is 5.75 Å². The molecule has 60 valence electrons. The van der Waals surface area contributed by atoms with E-state index in [0.717, 1.165) is 5.92 Å². The van der Waals surface area contributed by atoms with E-state index >= 15 is 0 Å². The molecule has 1 N–H and O–H groups in total. The molecule has 1 fully saturated rings. The molecule has 0 saturated carbocycles. The molecular formula is C7H15NS2. The Morgan fingerprint density at radius 2 is 2.50 bits per heavy atom. The van der Waals surface area contributed by atoms with Gasteiger partial charge in [0.15, 0.2) is 0 Å². The number of nitrogens with one attached hydrogen (secondary N) is 1. The zero-order valence-corrected chi connectivity index (χ0v) is 8.06. The molecule has 0 aliphatic carbocycles. The highest BCUT2D eigenvalue weighted by Gasteiger charge is 2.12. The maximum Gasteiger partial charge on any atom is 0.00399 e. The largest absolute Gasteiger partial charge is 0.316 e. The first kappa shape index (κ1) is 8.75. The van der Waals surface area contributed by atoms with Crippen molar-refractivity contribution < 1.29 is 0 Å². The van der Waals surface area contributed by atoms with E-state index in [1.165, 1.54) is 31.7 Å². The quantitative estimate of drug-likeness (QED) is 0.521. The molecule has 0 amide bonds. The zero-order chi connectivity index (χ0) is 7.23. The summed E-state index contributed by atoms with van der Waals surface area (Å²) in [5.41, 5.74) is 0. The first-order chi connectivity index (χ1) is 4.93. The first-order valence-electron chi connectivity index (χ1n) is 3.80. The lowest BCUT2D eigenvalue weighted by Gasteiger charge is -2.04. The molecule has 0 radical (unpaired) electrons. The van der Waals surface area contributed by atoms with Crippen LogP contribution in [0.15, 0.2) is 0 Å². The van der Waals surface area contributed by atoms with Gasteiger partial charge in [0.2, 0.25) is 0 Å². The molecular weight excluding hydrogens is 162 g/mol. The van der Waals surface area contributed by atoms with Crippen LogP contribution in [0, 0.1) is 5.92 Å². The summed E-state index contributed by atoms with van der Waals surface area (Å²) in [6.45, 7) is 2.50. The Morgan fingerprint density at radius 1 is 1.60 bits per heavy atom. The minimum Gasteiger partial charge on any atom is -0.316 e. The Bertz CT molecular complexity index is 81.7. The second kappa shape index (κ2) is 5.33. The van der Waals surface area contributed by atoms with Gasteiger partial charge in [0.1, 0.15) is 0 Å². The van der Waals surface area contributed by atoms with E-state index in [2.05, 4.69) is 11.6 Å². The molecule has 1 aliphatic heterocycles. The molecule has 0 aromatic carbocycles. The van der Waals surface area contributed by atoms with Crippen LogP contribution in [0.2, 0.25) is 0 Å². The summed E-state index contributed by atoms with van der Waals surface area (Å²) in [5.74, 6) is 2.30. The van der Waals surface area contributed by atoms with Crippen molar-refractivity contribution in [2.75, 3.05) is 25.1 Å². The van der Waals surface area contributed by atoms with E-state index in [9.17, 15) is 0 Å². The Morgan fingerprint density at radius 3 is 3.10 bits per heavy atom. The van der Waals surface area contributed by atoms with Crippen LogP contribution in [0.5, 0.6) is 0 Å². The van der Waals surface area contributed by atoms with Crippen LogP contribution >= 0.6 is 21.6 Å². The van der Waals surface area contributed by atoms with Crippen LogP contribution < -0.4 is 5.32 Å². The van der Waals surface area contributed by atoms with Crippen molar-refractivity contribution in [2.24, 2.45) is 5.92 Å². The Hall–Kier alpha value is 0.660. The number of hydrogen-bond acceptors (Lipinski definition) is 3. The van der Waals surface area contributed by atoms with E-state index in [0.29, 0.717) is 0 Å². The van der Waals surface area contributed by atoms with Crippen molar-refractivity contribution in [1.29, 1.82) is 0 Å². The van der Waals surface area contributed by atoms with Gasteiger partial charge in [0.25, 0.3) is 0 Å². The van der Waals surface area contributed by atoms with Crippen LogP contribution in [-0.4, -0.2) is 25.1 Å². The standard InChI is InChI=1S/C7H15NS2/c1-9-10-5-3-7-2-4-8-6-7/h7-8H,2-6H2,1H3/t7-/m0/s1. The lowest BCUT2D eigenvalue weighted by molar-refractivity contribution is 0.568. The molecule has 0 spiro atoms. The summed E-state index contributed by atoms with van der Waals surface area (Å²) >= 11 is 0. The molecule has 1 heterocycles. The lowest BCUT2D eigenvalue weighted by atomic mass is 10.1. The topological polar surface area (TPSA) is 12.0 Å². The molecule has 1 saturated heterocycles. The molecule has 0 aromatic rings. The summed E-state index contributed by atoms with van der Waals surface area (Å²) in [6, 6.07) is 0. The minimum absolute atomic E-state index is 0.972. The van der Waals surface area contributed by atoms with Crippen molar-refractivity contribution in [3.8, 4) is 0 Å². The molecule has 10 heavy (non-hydrogen) atoms. The smallest absolute Gasteiger partial charge is 0.00399 e. The molecule has 1 atom stereocenters. The normalized spacial score (nSPS) is 25.5. The predicted molar refractivity (Wildman–Crippen MR) is 51.6 cm³/mol. The van der Waals surface area contributed by atoms with E-state index in [1.54, 1.807) is 0 Å². The van der Waals surface area contributed by atoms with Crippen molar-refractivity contribution in [2.45, 2.75) is 12.8 Å². The van der Waals surface area contributed by atoms with Crippen LogP contribution in [0.4, 0.5) is 0 Å². The third-order valence-electron chi connectivity index (χ3n) is 1.89. The van der Waals surface area contributed by atoms with E-state index in [-0.39, 0.29) is 0 Å². The fourth-order valence-corrected chi connectivity index (χ4v) is 2.64. The summed E-state index contributed by atoms with van der Waals surface area (Å²) in [5, 5.41) is 3.38. The van der Waals surface area contributed by atoms with Crippen molar-refractivity contribution in [3.63, 3.8) is 0 Å². The fraction of sp³-hybridized carbons (Fsp3) is 1.00. The maximum atomic E-state index is 3.38. The summed E-state index contributed by atoms with van der Waals surface area (Å²) in [7, 11) is 3.87. The van der Waals surface area contributed by atoms with Crippen LogP contribution in [0.1, 0.15) is 12.8 Å². The Balaban J connectivity index is 1.91. The van der Waals surface area contributed by atoms with E-state index in [4.69, 9.17) is 0 Å². The fourth-order valence-electron chi connectivity index (χ4n) is 1.26. The highest BCUT2D eigenvalue weighted by molar-refractivity contribution is 8.76. The minimum atomic E-state index is 0.972. The van der Waals surface area contributed by atoms with Gasteiger partial charge in [-0.1, -0.05) is 21.6 Å². The van der Waals surface area contributed by atoms with Crippen LogP contribution in [0.3, 0.4) is 0 Å². The van der Waals surface area contributed by atoms with Gasteiger partial charge in [-0.05, 0) is 38.1 Å². The second-order valence-corrected chi connectivity index (χ2v) is 5.32. The highest BCUT2D eigenvalue weighted by atomic mass is 33.1. The van der Waals surface area contributed by atoms with Gasteiger partial charge in [-0.25, -0.2) is 0 Å². The van der Waals surface area contributed by atoms with Gasteiger partial charge in [0.05, 0.1) is 0 Å². The molecule has 3 heteroatoms. The Kier molecular flexibility index (Phi) is 4.66. The molecule has 0 aromatic heterocycles. The van der Waals surface area contributed by atoms with Crippen molar-refractivity contribution in [3.05, 3.63) is 0 Å². The number of hydrogen-bond donors (Lipinski definition) is 1. The second-order valence-electron chi connectivity index (χ2n) is 2.64. The van der Waals surface area contributed by atoms with Gasteiger partial charge >= 0.3 is 0 Å². The van der Waals surface area contributed by atoms with Gasteiger partial charge < -0.3 is 5.32 Å². The molecule has 1 aliphatic rings. The van der Waals surface area contributed by atoms with E-state index in [1.807, 2.05) is 21.6 Å². The average Bonchev–Trinajstić information content (AvgIpc) is 2.41. The lowest BCUT2D eigenvalue weighted by Crippen LogP contribution is -2.09. The van der Waals surface area contributed by atoms with Gasteiger partial charge in [-0.3, -0.25) is 0 Å². The zero-order valence-electron chi connectivity index (χ0n) is 6.43. The maximum absolute atomic E-state index is 3.38. The number of rotatable bonds is 4. The van der Waals surface area contributed by atoms with Crippen LogP contribution in [-0.2, 0) is 0 Å². The van der Waals surface area contributed by atoms with Gasteiger partial charge in [-0.2, -0.15) is 0 Å².